The highest BCUT2D eigenvalue weighted by Crippen LogP contribution is 2.31. The first-order chi connectivity index (χ1) is 12.3. The maximum atomic E-state index is 4.66. The molecule has 0 unspecified atom stereocenters. The standard InChI is InChI=1S/C19H22N6/c1-14-11-23-19(24-14)18-17(21-8-9-22-18)15-5-4-10-25(12-15)13-16-6-2-3-7-20-16/h2-3,6-9,11,15H,4-5,10,12-13H2,1H3,(H,23,24)/t15-/m1/s1. The topological polar surface area (TPSA) is 70.6 Å². The van der Waals surface area contributed by atoms with Gasteiger partial charge in [-0.1, -0.05) is 6.07 Å². The molecule has 4 rings (SSSR count). The molecule has 1 aliphatic heterocycles. The van der Waals surface area contributed by atoms with Gasteiger partial charge in [-0.25, -0.2) is 9.97 Å². The summed E-state index contributed by atoms with van der Waals surface area (Å²) in [6.07, 6.45) is 9.51. The van der Waals surface area contributed by atoms with Gasteiger partial charge in [-0.3, -0.25) is 14.9 Å². The highest BCUT2D eigenvalue weighted by molar-refractivity contribution is 5.53. The summed E-state index contributed by atoms with van der Waals surface area (Å²) in [7, 11) is 0. The van der Waals surface area contributed by atoms with Crippen LogP contribution in [0.4, 0.5) is 0 Å². The second-order valence-corrected chi connectivity index (χ2v) is 6.60. The molecule has 3 aromatic heterocycles. The van der Waals surface area contributed by atoms with Gasteiger partial charge in [0.25, 0.3) is 0 Å². The van der Waals surface area contributed by atoms with Crippen molar-refractivity contribution in [1.29, 1.82) is 0 Å². The molecule has 128 valence electrons. The summed E-state index contributed by atoms with van der Waals surface area (Å²) >= 11 is 0. The van der Waals surface area contributed by atoms with Crippen molar-refractivity contribution in [3.63, 3.8) is 0 Å². The number of aryl methyl sites for hydroxylation is 1. The fourth-order valence-corrected chi connectivity index (χ4v) is 3.51. The van der Waals surface area contributed by atoms with Crippen molar-refractivity contribution in [2.45, 2.75) is 32.2 Å². The minimum Gasteiger partial charge on any atom is -0.341 e. The van der Waals surface area contributed by atoms with E-state index in [4.69, 9.17) is 0 Å². The Morgan fingerprint density at radius 3 is 2.84 bits per heavy atom. The van der Waals surface area contributed by atoms with Crippen LogP contribution >= 0.6 is 0 Å². The van der Waals surface area contributed by atoms with Crippen molar-refractivity contribution in [3.8, 4) is 11.5 Å². The molecule has 1 aliphatic rings. The molecule has 0 radical (unpaired) electrons. The molecule has 1 N–H and O–H groups in total. The van der Waals surface area contributed by atoms with Gasteiger partial charge < -0.3 is 4.98 Å². The van der Waals surface area contributed by atoms with Crippen molar-refractivity contribution in [2.24, 2.45) is 0 Å². The zero-order valence-electron chi connectivity index (χ0n) is 14.4. The van der Waals surface area contributed by atoms with Crippen LogP contribution < -0.4 is 0 Å². The zero-order chi connectivity index (χ0) is 17.1. The van der Waals surface area contributed by atoms with Gasteiger partial charge >= 0.3 is 0 Å². The van der Waals surface area contributed by atoms with E-state index in [1.807, 2.05) is 31.5 Å². The summed E-state index contributed by atoms with van der Waals surface area (Å²) in [6, 6.07) is 6.09. The first-order valence-electron chi connectivity index (χ1n) is 8.75. The molecule has 3 aromatic rings. The van der Waals surface area contributed by atoms with E-state index in [0.717, 1.165) is 61.1 Å². The van der Waals surface area contributed by atoms with Crippen molar-refractivity contribution >= 4 is 0 Å². The lowest BCUT2D eigenvalue weighted by atomic mass is 9.93. The van der Waals surface area contributed by atoms with Crippen LogP contribution in [0.1, 0.15) is 35.8 Å². The normalized spacial score (nSPS) is 18.4. The number of nitrogens with one attached hydrogen (secondary N) is 1. The SMILES string of the molecule is Cc1cnc(-c2nccnc2[C@@H]2CCCN(Cc3ccccn3)C2)[nH]1. The second-order valence-electron chi connectivity index (χ2n) is 6.60. The maximum absolute atomic E-state index is 4.66. The summed E-state index contributed by atoms with van der Waals surface area (Å²) in [5.74, 6) is 1.18. The summed E-state index contributed by atoms with van der Waals surface area (Å²) in [4.78, 5) is 23.9. The number of hydrogen-bond acceptors (Lipinski definition) is 5. The minimum atomic E-state index is 0.367. The van der Waals surface area contributed by atoms with Gasteiger partial charge in [0.1, 0.15) is 5.69 Å². The van der Waals surface area contributed by atoms with Crippen LogP contribution in [0.25, 0.3) is 11.5 Å². The molecule has 0 bridgehead atoms. The number of aromatic amines is 1. The molecule has 0 aliphatic carbocycles. The van der Waals surface area contributed by atoms with E-state index >= 15 is 0 Å². The Morgan fingerprint density at radius 1 is 1.12 bits per heavy atom. The molecular weight excluding hydrogens is 312 g/mol. The summed E-state index contributed by atoms with van der Waals surface area (Å²) < 4.78 is 0. The number of rotatable bonds is 4. The van der Waals surface area contributed by atoms with E-state index in [1.165, 1.54) is 0 Å². The van der Waals surface area contributed by atoms with E-state index in [-0.39, 0.29) is 0 Å². The van der Waals surface area contributed by atoms with Crippen LogP contribution in [0.2, 0.25) is 0 Å². The molecule has 25 heavy (non-hydrogen) atoms. The van der Waals surface area contributed by atoms with Gasteiger partial charge in [-0.15, -0.1) is 0 Å². The fourth-order valence-electron chi connectivity index (χ4n) is 3.51. The van der Waals surface area contributed by atoms with Crippen LogP contribution in [0, 0.1) is 6.92 Å². The number of likely N-dealkylation sites (tertiary alicyclic amines) is 1. The summed E-state index contributed by atoms with van der Waals surface area (Å²) in [5, 5.41) is 0. The molecule has 6 nitrogen and oxygen atoms in total. The average Bonchev–Trinajstić information content (AvgIpc) is 3.09. The summed E-state index contributed by atoms with van der Waals surface area (Å²) in [5.41, 5.74) is 4.07. The number of H-pyrrole nitrogens is 1. The maximum Gasteiger partial charge on any atom is 0.158 e. The predicted octanol–water partition coefficient (Wildman–Crippen LogP) is 2.95. The van der Waals surface area contributed by atoms with Crippen LogP contribution in [0.5, 0.6) is 0 Å². The Bertz CT molecular complexity index is 829. The van der Waals surface area contributed by atoms with E-state index in [9.17, 15) is 0 Å². The quantitative estimate of drug-likeness (QED) is 0.794. The Hall–Kier alpha value is -2.60. The van der Waals surface area contributed by atoms with Gasteiger partial charge in [0.2, 0.25) is 0 Å². The van der Waals surface area contributed by atoms with Gasteiger partial charge in [0.15, 0.2) is 5.82 Å². The molecule has 1 fully saturated rings. The molecular formula is C19H22N6. The van der Waals surface area contributed by atoms with Gasteiger partial charge in [0.05, 0.1) is 11.4 Å². The van der Waals surface area contributed by atoms with Gasteiger partial charge in [-0.2, -0.15) is 0 Å². The Morgan fingerprint density at radius 2 is 2.04 bits per heavy atom. The largest absolute Gasteiger partial charge is 0.341 e. The zero-order valence-corrected chi connectivity index (χ0v) is 14.4. The first kappa shape index (κ1) is 15.9. The summed E-state index contributed by atoms with van der Waals surface area (Å²) in [6.45, 7) is 4.96. The molecule has 1 atom stereocenters. The average molecular weight is 334 g/mol. The van der Waals surface area contributed by atoms with Crippen LogP contribution in [-0.2, 0) is 6.54 Å². The lowest BCUT2D eigenvalue weighted by Crippen LogP contribution is -2.34. The Balaban J connectivity index is 1.56. The second kappa shape index (κ2) is 7.11. The van der Waals surface area contributed by atoms with E-state index in [2.05, 4.69) is 35.9 Å². The lowest BCUT2D eigenvalue weighted by molar-refractivity contribution is 0.196. The van der Waals surface area contributed by atoms with Crippen molar-refractivity contribution in [2.75, 3.05) is 13.1 Å². The van der Waals surface area contributed by atoms with Crippen LogP contribution in [0.15, 0.2) is 43.0 Å². The predicted molar refractivity (Wildman–Crippen MR) is 95.8 cm³/mol. The molecule has 0 spiro atoms. The third kappa shape index (κ3) is 3.58. The molecule has 1 saturated heterocycles. The number of pyridine rings is 1. The van der Waals surface area contributed by atoms with E-state index < -0.39 is 0 Å². The number of aromatic nitrogens is 5. The third-order valence-corrected chi connectivity index (χ3v) is 4.66. The molecule has 0 saturated carbocycles. The monoisotopic (exact) mass is 334 g/mol. The molecule has 0 aromatic carbocycles. The number of hydrogen-bond donors (Lipinski definition) is 1. The Kier molecular flexibility index (Phi) is 4.52. The van der Waals surface area contributed by atoms with E-state index in [0.29, 0.717) is 5.92 Å². The third-order valence-electron chi connectivity index (χ3n) is 4.66. The Labute approximate surface area is 147 Å². The van der Waals surface area contributed by atoms with Crippen LogP contribution in [-0.4, -0.2) is 42.9 Å². The van der Waals surface area contributed by atoms with Crippen molar-refractivity contribution in [3.05, 3.63) is 60.1 Å². The number of nitrogens with zero attached hydrogens (tertiary/aromatic N) is 5. The van der Waals surface area contributed by atoms with Crippen LogP contribution in [0.3, 0.4) is 0 Å². The molecule has 6 heteroatoms. The first-order valence-corrected chi connectivity index (χ1v) is 8.75. The van der Waals surface area contributed by atoms with Gasteiger partial charge in [-0.05, 0) is 38.4 Å². The minimum absolute atomic E-state index is 0.367. The highest BCUT2D eigenvalue weighted by atomic mass is 15.1. The fraction of sp³-hybridized carbons (Fsp3) is 0.368. The molecule has 0 amide bonds. The lowest BCUT2D eigenvalue weighted by Gasteiger charge is -2.32. The van der Waals surface area contributed by atoms with Gasteiger partial charge in [0, 0.05) is 49.5 Å². The van der Waals surface area contributed by atoms with E-state index in [1.54, 1.807) is 12.4 Å². The number of piperidine rings is 1. The molecule has 4 heterocycles. The highest BCUT2D eigenvalue weighted by Gasteiger charge is 2.26. The van der Waals surface area contributed by atoms with Crippen molar-refractivity contribution < 1.29 is 0 Å². The number of imidazole rings is 1. The smallest absolute Gasteiger partial charge is 0.158 e. The van der Waals surface area contributed by atoms with Crippen molar-refractivity contribution in [1.82, 2.24) is 29.8 Å².